The maximum atomic E-state index is 14.9. The van der Waals surface area contributed by atoms with Crippen LogP contribution >= 0.6 is 0 Å². The van der Waals surface area contributed by atoms with Crippen molar-refractivity contribution < 1.29 is 26.7 Å². The lowest BCUT2D eigenvalue weighted by Crippen LogP contribution is -2.33. The topological polar surface area (TPSA) is 9.23 Å². The number of benzene rings is 2. The minimum Gasteiger partial charge on any atom is -0.428 e. The van der Waals surface area contributed by atoms with Crippen molar-refractivity contribution in [2.45, 2.75) is 70.3 Å². The highest BCUT2D eigenvalue weighted by Crippen LogP contribution is 2.48. The van der Waals surface area contributed by atoms with E-state index in [1.165, 1.54) is 44.2 Å². The summed E-state index contributed by atoms with van der Waals surface area (Å²) in [6, 6.07) is 10.3. The van der Waals surface area contributed by atoms with E-state index in [-0.39, 0.29) is 5.82 Å². The van der Waals surface area contributed by atoms with Crippen LogP contribution in [0.5, 0.6) is 5.75 Å². The normalized spacial score (nSPS) is 26.1. The van der Waals surface area contributed by atoms with Gasteiger partial charge in [0, 0.05) is 5.56 Å². The average molecular weight is 453 g/mol. The van der Waals surface area contributed by atoms with Crippen LogP contribution in [0.4, 0.5) is 22.0 Å². The molecule has 1 unspecified atom stereocenters. The van der Waals surface area contributed by atoms with Crippen molar-refractivity contribution in [3.8, 4) is 16.9 Å². The van der Waals surface area contributed by atoms with Crippen LogP contribution in [0.3, 0.4) is 0 Å². The lowest BCUT2D eigenvalue weighted by molar-refractivity contribution is -0.253. The second-order valence-corrected chi connectivity index (χ2v) is 9.35. The van der Waals surface area contributed by atoms with Gasteiger partial charge in [-0.15, -0.1) is 0 Å². The maximum absolute atomic E-state index is 14.9. The minimum absolute atomic E-state index is 0.345. The molecular formula is C26H29F5O. The van der Waals surface area contributed by atoms with E-state index >= 15 is 0 Å². The molecule has 4 atom stereocenters. The fourth-order valence-electron chi connectivity index (χ4n) is 5.58. The molecule has 0 amide bonds. The summed E-state index contributed by atoms with van der Waals surface area (Å²) < 4.78 is 69.7. The van der Waals surface area contributed by atoms with E-state index in [4.69, 9.17) is 0 Å². The highest BCUT2D eigenvalue weighted by atomic mass is 19.3. The van der Waals surface area contributed by atoms with Crippen LogP contribution in [-0.4, -0.2) is 12.5 Å². The van der Waals surface area contributed by atoms with Gasteiger partial charge in [0.15, 0.2) is 0 Å². The van der Waals surface area contributed by atoms with Gasteiger partial charge >= 0.3 is 12.5 Å². The monoisotopic (exact) mass is 452 g/mol. The molecule has 0 radical (unpaired) electrons. The molecule has 2 saturated carbocycles. The summed E-state index contributed by atoms with van der Waals surface area (Å²) in [5.41, 5.74) is 1.83. The van der Waals surface area contributed by atoms with Crippen molar-refractivity contribution >= 4 is 0 Å². The molecule has 2 aromatic carbocycles. The van der Waals surface area contributed by atoms with Gasteiger partial charge in [-0.1, -0.05) is 44.0 Å². The predicted molar refractivity (Wildman–Crippen MR) is 115 cm³/mol. The summed E-state index contributed by atoms with van der Waals surface area (Å²) in [5, 5.41) is 0. The van der Waals surface area contributed by atoms with Crippen molar-refractivity contribution in [2.75, 3.05) is 0 Å². The van der Waals surface area contributed by atoms with Crippen LogP contribution in [0.15, 0.2) is 42.5 Å². The SMILES string of the molecule is CCC1CC[C@@H]2C[C@H](c3ccc(-c4ccc(OC(F)(F)C(F)F)cc4)c(F)c3)CC[C@@H]2C1. The summed E-state index contributed by atoms with van der Waals surface area (Å²) in [6.45, 7) is 2.28. The third kappa shape index (κ3) is 4.94. The van der Waals surface area contributed by atoms with Crippen LogP contribution in [0.2, 0.25) is 0 Å². The largest absolute Gasteiger partial charge is 0.461 e. The molecule has 0 saturated heterocycles. The van der Waals surface area contributed by atoms with Crippen LogP contribution in [0, 0.1) is 23.6 Å². The summed E-state index contributed by atoms with van der Waals surface area (Å²) in [5.74, 6) is 2.01. The lowest BCUT2D eigenvalue weighted by Gasteiger charge is -2.42. The van der Waals surface area contributed by atoms with Gasteiger partial charge in [0.05, 0.1) is 0 Å². The van der Waals surface area contributed by atoms with Gasteiger partial charge in [-0.25, -0.2) is 4.39 Å². The Labute approximate surface area is 186 Å². The quantitative estimate of drug-likeness (QED) is 0.400. The Morgan fingerprint density at radius 3 is 2.28 bits per heavy atom. The molecule has 2 aromatic rings. The van der Waals surface area contributed by atoms with Gasteiger partial charge < -0.3 is 4.74 Å². The molecule has 2 fully saturated rings. The summed E-state index contributed by atoms with van der Waals surface area (Å²) in [4.78, 5) is 0. The zero-order valence-corrected chi connectivity index (χ0v) is 18.2. The van der Waals surface area contributed by atoms with Crippen LogP contribution in [-0.2, 0) is 0 Å². The molecule has 0 heterocycles. The molecule has 0 aromatic heterocycles. The van der Waals surface area contributed by atoms with Crippen LogP contribution < -0.4 is 4.74 Å². The highest BCUT2D eigenvalue weighted by Gasteiger charge is 2.44. The Morgan fingerprint density at radius 2 is 1.62 bits per heavy atom. The molecule has 0 spiro atoms. The summed E-state index contributed by atoms with van der Waals surface area (Å²) in [6.07, 6.45) is 0.100. The van der Waals surface area contributed by atoms with E-state index in [0.717, 1.165) is 48.3 Å². The third-order valence-corrected chi connectivity index (χ3v) is 7.44. The van der Waals surface area contributed by atoms with Gasteiger partial charge in [-0.2, -0.15) is 17.6 Å². The molecule has 6 heteroatoms. The summed E-state index contributed by atoms with van der Waals surface area (Å²) in [7, 11) is 0. The third-order valence-electron chi connectivity index (χ3n) is 7.44. The van der Waals surface area contributed by atoms with Gasteiger partial charge in [-0.3, -0.25) is 0 Å². The second-order valence-electron chi connectivity index (χ2n) is 9.35. The van der Waals surface area contributed by atoms with Crippen molar-refractivity contribution in [1.29, 1.82) is 0 Å². The number of halogens is 5. The Hall–Kier alpha value is -2.11. The molecule has 2 aliphatic carbocycles. The standard InChI is InChI=1S/C26H29F5O/c1-2-16-3-4-19-14-20(6-5-18(19)13-16)21-9-12-23(24(27)15-21)17-7-10-22(11-8-17)32-26(30,31)25(28)29/h7-12,15-16,18-20,25H,2-6,13-14H2,1H3/t16?,18-,19-,20-/m1/s1. The fourth-order valence-corrected chi connectivity index (χ4v) is 5.58. The van der Waals surface area contributed by atoms with Gasteiger partial charge in [0.25, 0.3) is 0 Å². The molecule has 0 bridgehead atoms. The number of alkyl halides is 4. The number of ether oxygens (including phenoxy) is 1. The molecule has 0 N–H and O–H groups in total. The molecule has 32 heavy (non-hydrogen) atoms. The number of fused-ring (bicyclic) bond motifs is 1. The first-order chi connectivity index (χ1) is 15.3. The number of hydrogen-bond acceptors (Lipinski definition) is 1. The Kier molecular flexibility index (Phi) is 6.78. The van der Waals surface area contributed by atoms with Gasteiger partial charge in [0.1, 0.15) is 11.6 Å². The highest BCUT2D eigenvalue weighted by molar-refractivity contribution is 5.65. The fraction of sp³-hybridized carbons (Fsp3) is 0.538. The minimum atomic E-state index is -4.57. The zero-order chi connectivity index (χ0) is 22.9. The number of rotatable bonds is 6. The smallest absolute Gasteiger partial charge is 0.428 e. The van der Waals surface area contributed by atoms with E-state index < -0.39 is 18.3 Å². The van der Waals surface area contributed by atoms with E-state index in [0.29, 0.717) is 17.0 Å². The molecule has 4 rings (SSSR count). The van der Waals surface area contributed by atoms with Crippen molar-refractivity contribution in [3.63, 3.8) is 0 Å². The van der Waals surface area contributed by atoms with E-state index in [9.17, 15) is 22.0 Å². The van der Waals surface area contributed by atoms with Crippen molar-refractivity contribution in [3.05, 3.63) is 53.8 Å². The maximum Gasteiger partial charge on any atom is 0.461 e. The van der Waals surface area contributed by atoms with E-state index in [2.05, 4.69) is 11.7 Å². The Balaban J connectivity index is 1.44. The van der Waals surface area contributed by atoms with Gasteiger partial charge in [-0.05, 0) is 85.1 Å². The number of hydrogen-bond donors (Lipinski definition) is 0. The zero-order valence-electron chi connectivity index (χ0n) is 18.2. The van der Waals surface area contributed by atoms with Crippen LogP contribution in [0.1, 0.15) is 63.4 Å². The van der Waals surface area contributed by atoms with Gasteiger partial charge in [0.2, 0.25) is 0 Å². The van der Waals surface area contributed by atoms with Crippen LogP contribution in [0.25, 0.3) is 11.1 Å². The molecule has 1 nitrogen and oxygen atoms in total. The van der Waals surface area contributed by atoms with Crippen molar-refractivity contribution in [2.24, 2.45) is 17.8 Å². The molecule has 174 valence electrons. The predicted octanol–water partition coefficient (Wildman–Crippen LogP) is 8.44. The van der Waals surface area contributed by atoms with E-state index in [1.807, 2.05) is 6.07 Å². The average Bonchev–Trinajstić information content (AvgIpc) is 2.78. The second kappa shape index (κ2) is 9.40. The first-order valence-electron chi connectivity index (χ1n) is 11.5. The molecular weight excluding hydrogens is 423 g/mol. The first-order valence-corrected chi connectivity index (χ1v) is 11.5. The van der Waals surface area contributed by atoms with Crippen molar-refractivity contribution in [1.82, 2.24) is 0 Å². The molecule has 0 aliphatic heterocycles. The Morgan fingerprint density at radius 1 is 0.938 bits per heavy atom. The van der Waals surface area contributed by atoms with E-state index in [1.54, 1.807) is 12.1 Å². The molecule has 2 aliphatic rings. The Bertz CT molecular complexity index is 911. The lowest BCUT2D eigenvalue weighted by atomic mass is 9.63. The summed E-state index contributed by atoms with van der Waals surface area (Å²) >= 11 is 0. The first kappa shape index (κ1) is 23.1.